The Morgan fingerprint density at radius 1 is 1.44 bits per heavy atom. The highest BCUT2D eigenvalue weighted by Gasteiger charge is 2.43. The highest BCUT2D eigenvalue weighted by Crippen LogP contribution is 2.48. The topological polar surface area (TPSA) is 0 Å². The molecule has 0 heterocycles. The molecule has 0 amide bonds. The molecule has 1 rings (SSSR count). The van der Waals surface area contributed by atoms with E-state index in [9.17, 15) is 8.78 Å². The van der Waals surface area contributed by atoms with Crippen LogP contribution >= 0.6 is 0 Å². The molecule has 0 unspecified atom stereocenters. The summed E-state index contributed by atoms with van der Waals surface area (Å²) < 4.78 is 24.3. The Morgan fingerprint density at radius 3 is 2.00 bits per heavy atom. The number of rotatable bonds is 2. The molecule has 0 bridgehead atoms. The molecule has 9 heavy (non-hydrogen) atoms. The molecule has 54 valence electrons. The quantitative estimate of drug-likeness (QED) is 0.544. The zero-order valence-electron chi connectivity index (χ0n) is 5.66. The lowest BCUT2D eigenvalue weighted by Gasteiger charge is -2.40. The Labute approximate surface area is 54.3 Å². The summed E-state index contributed by atoms with van der Waals surface area (Å²) in [6, 6.07) is 0. The summed E-state index contributed by atoms with van der Waals surface area (Å²) in [4.78, 5) is 0. The van der Waals surface area contributed by atoms with Gasteiger partial charge in [-0.3, -0.25) is 0 Å². The summed E-state index contributed by atoms with van der Waals surface area (Å²) in [7, 11) is 0. The average Bonchev–Trinajstić information content (AvgIpc) is 1.62. The molecule has 1 saturated carbocycles. The van der Waals surface area contributed by atoms with Gasteiger partial charge in [0, 0.05) is 5.41 Å². The Bertz CT molecular complexity index is 89.6. The Kier molecular flexibility index (Phi) is 1.73. The highest BCUT2D eigenvalue weighted by molar-refractivity contribution is 4.88. The minimum atomic E-state index is -2.09. The van der Waals surface area contributed by atoms with Crippen LogP contribution in [0.3, 0.4) is 0 Å². The van der Waals surface area contributed by atoms with Crippen LogP contribution in [0.15, 0.2) is 0 Å². The molecule has 2 heteroatoms. The van der Waals surface area contributed by atoms with Crippen LogP contribution in [0, 0.1) is 5.41 Å². The van der Waals surface area contributed by atoms with Gasteiger partial charge in [0.2, 0.25) is 6.43 Å². The minimum absolute atomic E-state index is 0.569. The maximum absolute atomic E-state index is 12.1. The summed E-state index contributed by atoms with van der Waals surface area (Å²) >= 11 is 0. The lowest BCUT2D eigenvalue weighted by Crippen LogP contribution is -2.35. The maximum Gasteiger partial charge on any atom is 0.244 e. The van der Waals surface area contributed by atoms with Crippen molar-refractivity contribution in [1.29, 1.82) is 0 Å². The van der Waals surface area contributed by atoms with Gasteiger partial charge in [-0.25, -0.2) is 8.78 Å². The fraction of sp³-hybridized carbons (Fsp3) is 1.00. The van der Waals surface area contributed by atoms with Crippen molar-refractivity contribution in [3.05, 3.63) is 0 Å². The lowest BCUT2D eigenvalue weighted by molar-refractivity contribution is -0.0626. The smallest absolute Gasteiger partial charge is 0.210 e. The molecule has 0 spiro atoms. The number of hydrogen-bond acceptors (Lipinski definition) is 0. The maximum atomic E-state index is 12.1. The summed E-state index contributed by atoms with van der Waals surface area (Å²) in [6.45, 7) is 1.85. The third kappa shape index (κ3) is 0.950. The second kappa shape index (κ2) is 2.24. The Morgan fingerprint density at radius 2 is 2.00 bits per heavy atom. The van der Waals surface area contributed by atoms with Crippen LogP contribution < -0.4 is 0 Å². The van der Waals surface area contributed by atoms with E-state index in [4.69, 9.17) is 0 Å². The molecule has 0 aromatic heterocycles. The van der Waals surface area contributed by atoms with Gasteiger partial charge in [-0.2, -0.15) is 0 Å². The summed E-state index contributed by atoms with van der Waals surface area (Å²) in [5.41, 5.74) is -0.569. The van der Waals surface area contributed by atoms with E-state index in [1.165, 1.54) is 0 Å². The van der Waals surface area contributed by atoms with Crippen LogP contribution in [-0.4, -0.2) is 6.43 Å². The monoisotopic (exact) mass is 134 g/mol. The molecule has 0 atom stereocenters. The second-order valence-electron chi connectivity index (χ2n) is 2.87. The summed E-state index contributed by atoms with van der Waals surface area (Å²) in [6.07, 6.45) is 1.03. The number of alkyl halides is 2. The van der Waals surface area contributed by atoms with Gasteiger partial charge in [0.1, 0.15) is 0 Å². The molecule has 1 aliphatic carbocycles. The van der Waals surface area contributed by atoms with Crippen LogP contribution in [0.4, 0.5) is 8.78 Å². The van der Waals surface area contributed by atoms with Gasteiger partial charge in [-0.05, 0) is 19.3 Å². The van der Waals surface area contributed by atoms with Crippen molar-refractivity contribution in [2.75, 3.05) is 0 Å². The molecule has 1 aliphatic rings. The molecule has 1 fully saturated rings. The highest BCUT2D eigenvalue weighted by atomic mass is 19.3. The van der Waals surface area contributed by atoms with E-state index in [0.29, 0.717) is 6.42 Å². The summed E-state index contributed by atoms with van der Waals surface area (Å²) in [5.74, 6) is 0. The summed E-state index contributed by atoms with van der Waals surface area (Å²) in [5, 5.41) is 0. The predicted octanol–water partition coefficient (Wildman–Crippen LogP) is 2.83. The standard InChI is InChI=1S/C7H12F2/c1-2-7(6(8)9)4-3-5-7/h6H,2-5H2,1H3. The first-order valence-electron chi connectivity index (χ1n) is 3.49. The Balaban J connectivity index is 2.46. The van der Waals surface area contributed by atoms with E-state index in [-0.39, 0.29) is 0 Å². The van der Waals surface area contributed by atoms with Crippen molar-refractivity contribution < 1.29 is 8.78 Å². The molecule has 0 aromatic rings. The molecule has 0 aromatic carbocycles. The van der Waals surface area contributed by atoms with E-state index >= 15 is 0 Å². The van der Waals surface area contributed by atoms with Crippen molar-refractivity contribution in [1.82, 2.24) is 0 Å². The van der Waals surface area contributed by atoms with Gasteiger partial charge in [0.25, 0.3) is 0 Å². The van der Waals surface area contributed by atoms with Gasteiger partial charge in [0.05, 0.1) is 0 Å². The van der Waals surface area contributed by atoms with E-state index in [1.54, 1.807) is 0 Å². The molecule has 0 N–H and O–H groups in total. The number of halogens is 2. The van der Waals surface area contributed by atoms with E-state index < -0.39 is 11.8 Å². The second-order valence-corrected chi connectivity index (χ2v) is 2.87. The van der Waals surface area contributed by atoms with Crippen LogP contribution in [0.5, 0.6) is 0 Å². The molecule has 0 aliphatic heterocycles. The van der Waals surface area contributed by atoms with E-state index in [0.717, 1.165) is 19.3 Å². The van der Waals surface area contributed by atoms with Crippen molar-refractivity contribution in [2.24, 2.45) is 5.41 Å². The van der Waals surface area contributed by atoms with Gasteiger partial charge >= 0.3 is 0 Å². The van der Waals surface area contributed by atoms with Crippen LogP contribution in [0.1, 0.15) is 32.6 Å². The minimum Gasteiger partial charge on any atom is -0.210 e. The SMILES string of the molecule is CCC1(C(F)F)CCC1. The van der Waals surface area contributed by atoms with Crippen LogP contribution in [-0.2, 0) is 0 Å². The zero-order valence-corrected chi connectivity index (χ0v) is 5.66. The Hall–Kier alpha value is -0.140. The molecular formula is C7H12F2. The molecule has 0 saturated heterocycles. The van der Waals surface area contributed by atoms with Gasteiger partial charge in [0.15, 0.2) is 0 Å². The average molecular weight is 134 g/mol. The van der Waals surface area contributed by atoms with Crippen molar-refractivity contribution in [3.63, 3.8) is 0 Å². The van der Waals surface area contributed by atoms with Crippen molar-refractivity contribution >= 4 is 0 Å². The van der Waals surface area contributed by atoms with Crippen LogP contribution in [0.2, 0.25) is 0 Å². The van der Waals surface area contributed by atoms with E-state index in [2.05, 4.69) is 0 Å². The molecule has 0 nitrogen and oxygen atoms in total. The van der Waals surface area contributed by atoms with Crippen molar-refractivity contribution in [3.8, 4) is 0 Å². The fourth-order valence-corrected chi connectivity index (χ4v) is 1.36. The van der Waals surface area contributed by atoms with Gasteiger partial charge < -0.3 is 0 Å². The first-order valence-corrected chi connectivity index (χ1v) is 3.49. The normalized spacial score (nSPS) is 24.0. The zero-order chi connectivity index (χ0) is 6.91. The van der Waals surface area contributed by atoms with Gasteiger partial charge in [-0.1, -0.05) is 13.3 Å². The molecule has 0 radical (unpaired) electrons. The third-order valence-corrected chi connectivity index (χ3v) is 2.52. The van der Waals surface area contributed by atoms with Crippen molar-refractivity contribution in [2.45, 2.75) is 39.0 Å². The van der Waals surface area contributed by atoms with Crippen LogP contribution in [0.25, 0.3) is 0 Å². The lowest BCUT2D eigenvalue weighted by atomic mass is 9.67. The number of hydrogen-bond donors (Lipinski definition) is 0. The molecular weight excluding hydrogens is 122 g/mol. The fourth-order valence-electron chi connectivity index (χ4n) is 1.36. The first kappa shape index (κ1) is 6.97. The third-order valence-electron chi connectivity index (χ3n) is 2.52. The largest absolute Gasteiger partial charge is 0.244 e. The first-order chi connectivity index (χ1) is 4.21. The van der Waals surface area contributed by atoms with E-state index in [1.807, 2.05) is 6.92 Å². The predicted molar refractivity (Wildman–Crippen MR) is 32.6 cm³/mol. The van der Waals surface area contributed by atoms with Gasteiger partial charge in [-0.15, -0.1) is 0 Å².